The highest BCUT2D eigenvalue weighted by Gasteiger charge is 2.41. The molecule has 31 heavy (non-hydrogen) atoms. The van der Waals surface area contributed by atoms with Crippen LogP contribution in [0.4, 0.5) is 0 Å². The van der Waals surface area contributed by atoms with Gasteiger partial charge in [0, 0.05) is 16.5 Å². The number of allylic oxidation sites excluding steroid dienone is 1. The van der Waals surface area contributed by atoms with Crippen molar-refractivity contribution in [1.82, 2.24) is 0 Å². The zero-order chi connectivity index (χ0) is 21.8. The van der Waals surface area contributed by atoms with Crippen molar-refractivity contribution in [3.63, 3.8) is 0 Å². The number of para-hydroxylation sites is 2. The molecule has 7 heteroatoms. The van der Waals surface area contributed by atoms with Crippen LogP contribution in [-0.4, -0.2) is 24.6 Å². The number of benzene rings is 2. The fourth-order valence-corrected chi connectivity index (χ4v) is 4.40. The lowest BCUT2D eigenvalue weighted by Crippen LogP contribution is -2.42. The predicted molar refractivity (Wildman–Crippen MR) is 119 cm³/mol. The molecule has 0 amide bonds. The highest BCUT2D eigenvalue weighted by atomic mass is 35.5. The van der Waals surface area contributed by atoms with Gasteiger partial charge in [-0.2, -0.15) is 0 Å². The lowest BCUT2D eigenvalue weighted by atomic mass is 9.80. The molecule has 1 fully saturated rings. The Morgan fingerprint density at radius 3 is 2.68 bits per heavy atom. The Morgan fingerprint density at radius 2 is 1.90 bits per heavy atom. The van der Waals surface area contributed by atoms with Crippen LogP contribution in [0.5, 0.6) is 11.5 Å². The molecular weight excluding hydrogens is 439 g/mol. The van der Waals surface area contributed by atoms with Crippen LogP contribution in [0, 0.1) is 5.92 Å². The number of ether oxygens (including phenoxy) is 4. The van der Waals surface area contributed by atoms with Gasteiger partial charge in [-0.25, -0.2) is 0 Å². The Hall–Kier alpha value is -2.21. The SMILES string of the molecule is CCOc1ccccc1OC1=COC2CC(OCc3ccc(Cl)cc3Cl)CCC2C1=O. The maximum atomic E-state index is 13.0. The molecule has 0 saturated heterocycles. The van der Waals surface area contributed by atoms with E-state index >= 15 is 0 Å². The molecule has 0 radical (unpaired) electrons. The van der Waals surface area contributed by atoms with E-state index in [4.69, 9.17) is 42.1 Å². The third-order valence-corrected chi connectivity index (χ3v) is 6.12. The standard InChI is InChI=1S/C24H24Cl2O5/c1-2-28-20-5-3-4-6-21(20)31-23-14-30-22-12-17(9-10-18(22)24(23)27)29-13-15-7-8-16(25)11-19(15)26/h3-8,11,14,17-18,22H,2,9-10,12-13H2,1H3. The zero-order valence-corrected chi connectivity index (χ0v) is 18.7. The van der Waals surface area contributed by atoms with Gasteiger partial charge in [0.05, 0.1) is 25.2 Å². The molecule has 1 aliphatic heterocycles. The van der Waals surface area contributed by atoms with Gasteiger partial charge in [0.2, 0.25) is 11.5 Å². The molecule has 3 atom stereocenters. The van der Waals surface area contributed by atoms with E-state index in [-0.39, 0.29) is 29.7 Å². The predicted octanol–water partition coefficient (Wildman–Crippen LogP) is 5.97. The van der Waals surface area contributed by atoms with Crippen molar-refractivity contribution < 1.29 is 23.7 Å². The van der Waals surface area contributed by atoms with Crippen LogP contribution in [0.15, 0.2) is 54.5 Å². The van der Waals surface area contributed by atoms with Gasteiger partial charge < -0.3 is 18.9 Å². The quantitative estimate of drug-likeness (QED) is 0.507. The Labute approximate surface area is 191 Å². The molecule has 1 aliphatic carbocycles. The normalized spacial score (nSPS) is 22.9. The smallest absolute Gasteiger partial charge is 0.208 e. The molecule has 0 aromatic heterocycles. The van der Waals surface area contributed by atoms with Crippen LogP contribution >= 0.6 is 23.2 Å². The molecule has 3 unspecified atom stereocenters. The second kappa shape index (κ2) is 9.94. The fraction of sp³-hybridized carbons (Fsp3) is 0.375. The summed E-state index contributed by atoms with van der Waals surface area (Å²) in [5.41, 5.74) is 0.886. The summed E-state index contributed by atoms with van der Waals surface area (Å²) in [6, 6.07) is 12.7. The number of Topliss-reactive ketones (excluding diaryl/α,β-unsaturated/α-hetero) is 1. The van der Waals surface area contributed by atoms with Gasteiger partial charge in [0.1, 0.15) is 12.4 Å². The Bertz CT molecular complexity index is 974. The first kappa shape index (κ1) is 22.0. The molecule has 164 valence electrons. The van der Waals surface area contributed by atoms with Crippen LogP contribution in [-0.2, 0) is 20.9 Å². The van der Waals surface area contributed by atoms with Gasteiger partial charge >= 0.3 is 0 Å². The monoisotopic (exact) mass is 462 g/mol. The largest absolute Gasteiger partial charge is 0.493 e. The third kappa shape index (κ3) is 5.17. The van der Waals surface area contributed by atoms with Crippen LogP contribution in [0.25, 0.3) is 0 Å². The first-order chi connectivity index (χ1) is 15.0. The molecule has 2 aliphatic rings. The van der Waals surface area contributed by atoms with Gasteiger partial charge in [-0.1, -0.05) is 41.4 Å². The Morgan fingerprint density at radius 1 is 1.10 bits per heavy atom. The van der Waals surface area contributed by atoms with Gasteiger partial charge in [-0.15, -0.1) is 0 Å². The zero-order valence-electron chi connectivity index (χ0n) is 17.2. The number of ketones is 1. The molecule has 0 bridgehead atoms. The highest BCUT2D eigenvalue weighted by Crippen LogP contribution is 2.37. The maximum absolute atomic E-state index is 13.0. The van der Waals surface area contributed by atoms with Crippen molar-refractivity contribution in [2.45, 2.75) is 45.0 Å². The van der Waals surface area contributed by atoms with Crippen molar-refractivity contribution in [2.75, 3.05) is 6.61 Å². The molecule has 2 aromatic rings. The number of fused-ring (bicyclic) bond motifs is 1. The minimum absolute atomic E-state index is 0.00431. The minimum atomic E-state index is -0.238. The van der Waals surface area contributed by atoms with Gasteiger partial charge in [-0.05, 0) is 49.6 Å². The minimum Gasteiger partial charge on any atom is -0.493 e. The molecular formula is C24H24Cl2O5. The molecule has 0 spiro atoms. The van der Waals surface area contributed by atoms with Gasteiger partial charge in [-0.3, -0.25) is 4.79 Å². The summed E-state index contributed by atoms with van der Waals surface area (Å²) in [6.45, 7) is 2.80. The van der Waals surface area contributed by atoms with Gasteiger partial charge in [0.15, 0.2) is 11.5 Å². The van der Waals surface area contributed by atoms with E-state index in [2.05, 4.69) is 0 Å². The number of hydrogen-bond acceptors (Lipinski definition) is 5. The number of carbonyl (C=O) groups is 1. The van der Waals surface area contributed by atoms with E-state index in [0.717, 1.165) is 12.0 Å². The topological polar surface area (TPSA) is 54.0 Å². The Kier molecular flexibility index (Phi) is 7.06. The summed E-state index contributed by atoms with van der Waals surface area (Å²) in [5.74, 6) is 1.03. The number of carbonyl (C=O) groups excluding carboxylic acids is 1. The second-order valence-electron chi connectivity index (χ2n) is 7.59. The first-order valence-corrected chi connectivity index (χ1v) is 11.2. The van der Waals surface area contributed by atoms with Crippen molar-refractivity contribution in [3.8, 4) is 11.5 Å². The fourth-order valence-electron chi connectivity index (χ4n) is 3.93. The van der Waals surface area contributed by atoms with E-state index in [0.29, 0.717) is 47.6 Å². The lowest BCUT2D eigenvalue weighted by Gasteiger charge is -2.37. The molecule has 1 saturated carbocycles. The van der Waals surface area contributed by atoms with Crippen molar-refractivity contribution >= 4 is 29.0 Å². The van der Waals surface area contributed by atoms with E-state index < -0.39 is 0 Å². The summed E-state index contributed by atoms with van der Waals surface area (Å²) in [6.07, 6.45) is 3.28. The molecule has 1 heterocycles. The Balaban J connectivity index is 1.37. The molecule has 2 aromatic carbocycles. The summed E-state index contributed by atoms with van der Waals surface area (Å²) >= 11 is 12.2. The third-order valence-electron chi connectivity index (χ3n) is 5.53. The van der Waals surface area contributed by atoms with Crippen LogP contribution in [0.2, 0.25) is 10.0 Å². The average molecular weight is 463 g/mol. The summed E-state index contributed by atoms with van der Waals surface area (Å²) in [5, 5.41) is 1.18. The van der Waals surface area contributed by atoms with Crippen molar-refractivity contribution in [2.24, 2.45) is 5.92 Å². The highest BCUT2D eigenvalue weighted by molar-refractivity contribution is 6.35. The maximum Gasteiger partial charge on any atom is 0.208 e. The molecule has 5 nitrogen and oxygen atoms in total. The number of halogens is 2. The van der Waals surface area contributed by atoms with E-state index in [1.165, 1.54) is 6.26 Å². The van der Waals surface area contributed by atoms with E-state index in [1.807, 2.05) is 31.2 Å². The second-order valence-corrected chi connectivity index (χ2v) is 8.43. The van der Waals surface area contributed by atoms with Crippen LogP contribution in [0.1, 0.15) is 31.7 Å². The van der Waals surface area contributed by atoms with Crippen LogP contribution in [0.3, 0.4) is 0 Å². The number of rotatable bonds is 7. The summed E-state index contributed by atoms with van der Waals surface area (Å²) in [4.78, 5) is 13.0. The summed E-state index contributed by atoms with van der Waals surface area (Å²) < 4.78 is 23.4. The number of hydrogen-bond donors (Lipinski definition) is 0. The van der Waals surface area contributed by atoms with E-state index in [9.17, 15) is 4.79 Å². The van der Waals surface area contributed by atoms with Gasteiger partial charge in [0.25, 0.3) is 0 Å². The molecule has 0 N–H and O–H groups in total. The first-order valence-electron chi connectivity index (χ1n) is 10.4. The lowest BCUT2D eigenvalue weighted by molar-refractivity contribution is -0.134. The van der Waals surface area contributed by atoms with Crippen molar-refractivity contribution in [3.05, 3.63) is 70.1 Å². The average Bonchev–Trinajstić information content (AvgIpc) is 2.76. The summed E-state index contributed by atoms with van der Waals surface area (Å²) in [7, 11) is 0. The van der Waals surface area contributed by atoms with Crippen LogP contribution < -0.4 is 9.47 Å². The molecule has 4 rings (SSSR count). The van der Waals surface area contributed by atoms with Crippen molar-refractivity contribution in [1.29, 1.82) is 0 Å². The van der Waals surface area contributed by atoms with E-state index in [1.54, 1.807) is 18.2 Å².